The molecule has 6 nitrogen and oxygen atoms in total. The molecule has 1 atom stereocenters. The van der Waals surface area contributed by atoms with Crippen LogP contribution in [0.4, 0.5) is 13.2 Å². The molecule has 3 rings (SSSR count). The van der Waals surface area contributed by atoms with Gasteiger partial charge in [-0.3, -0.25) is 14.2 Å². The number of aromatic nitrogens is 2. The lowest BCUT2D eigenvalue weighted by Gasteiger charge is -2.22. The number of fused-ring (bicyclic) bond motifs is 1. The summed E-state index contributed by atoms with van der Waals surface area (Å²) < 4.78 is 41.3. The maximum absolute atomic E-state index is 13.5. The van der Waals surface area contributed by atoms with Crippen molar-refractivity contribution in [2.45, 2.75) is 58.7 Å². The summed E-state index contributed by atoms with van der Waals surface area (Å²) in [6, 6.07) is 2.02. The highest BCUT2D eigenvalue weighted by molar-refractivity contribution is 5.84. The summed E-state index contributed by atoms with van der Waals surface area (Å²) in [5.74, 6) is -0.490. The third-order valence-corrected chi connectivity index (χ3v) is 5.97. The lowest BCUT2D eigenvalue weighted by atomic mass is 10.1. The second-order valence-corrected chi connectivity index (χ2v) is 8.28. The summed E-state index contributed by atoms with van der Waals surface area (Å²) in [6.45, 7) is 8.02. The SMILES string of the molecule is Cc1cc2nc(C(F)(F)F)c(=O)n([C@H](C)C(=O)NCCN3CCCCCC3)c2cc1C. The molecule has 0 unspecified atom stereocenters. The van der Waals surface area contributed by atoms with Crippen LogP contribution < -0.4 is 10.9 Å². The van der Waals surface area contributed by atoms with Crippen LogP contribution in [0.15, 0.2) is 16.9 Å². The molecule has 1 fully saturated rings. The lowest BCUT2D eigenvalue weighted by molar-refractivity contribution is -0.142. The molecular formula is C22H29F3N4O2. The van der Waals surface area contributed by atoms with E-state index in [0.29, 0.717) is 13.1 Å². The molecule has 1 N–H and O–H groups in total. The number of rotatable bonds is 5. The van der Waals surface area contributed by atoms with Gasteiger partial charge in [0.1, 0.15) is 6.04 Å². The largest absolute Gasteiger partial charge is 0.438 e. The zero-order chi connectivity index (χ0) is 22.8. The summed E-state index contributed by atoms with van der Waals surface area (Å²) in [7, 11) is 0. The molecule has 1 aromatic carbocycles. The van der Waals surface area contributed by atoms with Crippen LogP contribution in [0.5, 0.6) is 0 Å². The Morgan fingerprint density at radius 1 is 1.13 bits per heavy atom. The number of hydrogen-bond donors (Lipinski definition) is 1. The van der Waals surface area contributed by atoms with Gasteiger partial charge in [0.2, 0.25) is 11.6 Å². The fourth-order valence-electron chi connectivity index (χ4n) is 3.99. The molecule has 2 aromatic rings. The quantitative estimate of drug-likeness (QED) is 0.775. The summed E-state index contributed by atoms with van der Waals surface area (Å²) in [5, 5.41) is 2.78. The molecule has 1 aromatic heterocycles. The first-order chi connectivity index (χ1) is 14.6. The molecule has 0 bridgehead atoms. The highest BCUT2D eigenvalue weighted by atomic mass is 19.4. The monoisotopic (exact) mass is 438 g/mol. The smallest absolute Gasteiger partial charge is 0.353 e. The van der Waals surface area contributed by atoms with E-state index >= 15 is 0 Å². The van der Waals surface area contributed by atoms with E-state index in [2.05, 4.69) is 15.2 Å². The Morgan fingerprint density at radius 2 is 1.74 bits per heavy atom. The molecule has 170 valence electrons. The molecule has 2 heterocycles. The summed E-state index contributed by atoms with van der Waals surface area (Å²) in [6.07, 6.45) is -0.241. The molecular weight excluding hydrogens is 409 g/mol. The van der Waals surface area contributed by atoms with Crippen LogP contribution in [-0.4, -0.2) is 46.5 Å². The Morgan fingerprint density at radius 3 is 2.35 bits per heavy atom. The number of nitrogens with zero attached hydrogens (tertiary/aromatic N) is 3. The minimum Gasteiger partial charge on any atom is -0.353 e. The van der Waals surface area contributed by atoms with Gasteiger partial charge in [-0.05, 0) is 70.0 Å². The third kappa shape index (κ3) is 5.26. The predicted molar refractivity (Wildman–Crippen MR) is 113 cm³/mol. The number of benzene rings is 1. The van der Waals surface area contributed by atoms with Gasteiger partial charge < -0.3 is 10.2 Å². The number of nitrogens with one attached hydrogen (secondary N) is 1. The third-order valence-electron chi connectivity index (χ3n) is 5.97. The minimum absolute atomic E-state index is 0.0410. The number of aryl methyl sites for hydroxylation is 2. The van der Waals surface area contributed by atoms with Crippen molar-refractivity contribution >= 4 is 16.9 Å². The van der Waals surface area contributed by atoms with E-state index in [9.17, 15) is 22.8 Å². The number of hydrogen-bond acceptors (Lipinski definition) is 4. The van der Waals surface area contributed by atoms with Gasteiger partial charge in [0.05, 0.1) is 11.0 Å². The Bertz CT molecular complexity index is 1010. The van der Waals surface area contributed by atoms with Gasteiger partial charge in [0.25, 0.3) is 5.56 Å². The Hall–Kier alpha value is -2.42. The van der Waals surface area contributed by atoms with Crippen molar-refractivity contribution in [1.29, 1.82) is 0 Å². The average Bonchev–Trinajstić information content (AvgIpc) is 2.96. The minimum atomic E-state index is -4.91. The van der Waals surface area contributed by atoms with Crippen molar-refractivity contribution in [3.8, 4) is 0 Å². The molecule has 9 heteroatoms. The van der Waals surface area contributed by atoms with Crippen molar-refractivity contribution in [2.75, 3.05) is 26.2 Å². The first kappa shape index (κ1) is 23.2. The fraction of sp³-hybridized carbons (Fsp3) is 0.591. The van der Waals surface area contributed by atoms with Crippen LogP contribution in [0.25, 0.3) is 11.0 Å². The Labute approximate surface area is 179 Å². The highest BCUT2D eigenvalue weighted by Gasteiger charge is 2.38. The summed E-state index contributed by atoms with van der Waals surface area (Å²) in [5.41, 5.74) is -0.995. The zero-order valence-corrected chi connectivity index (χ0v) is 18.2. The maximum atomic E-state index is 13.5. The molecule has 0 radical (unpaired) electrons. The molecule has 31 heavy (non-hydrogen) atoms. The van der Waals surface area contributed by atoms with Crippen molar-refractivity contribution in [2.24, 2.45) is 0 Å². The van der Waals surface area contributed by atoms with Crippen molar-refractivity contribution in [3.05, 3.63) is 39.3 Å². The van der Waals surface area contributed by atoms with Gasteiger partial charge in [-0.25, -0.2) is 4.98 Å². The number of likely N-dealkylation sites (tertiary alicyclic amines) is 1. The van der Waals surface area contributed by atoms with Gasteiger partial charge in [-0.1, -0.05) is 12.8 Å². The highest BCUT2D eigenvalue weighted by Crippen LogP contribution is 2.28. The van der Waals surface area contributed by atoms with Crippen LogP contribution in [0.2, 0.25) is 0 Å². The van der Waals surface area contributed by atoms with E-state index < -0.39 is 29.4 Å². The first-order valence-corrected chi connectivity index (χ1v) is 10.7. The van der Waals surface area contributed by atoms with E-state index in [-0.39, 0.29) is 11.0 Å². The van der Waals surface area contributed by atoms with E-state index in [1.807, 2.05) is 0 Å². The molecule has 1 aliphatic heterocycles. The van der Waals surface area contributed by atoms with Crippen molar-refractivity contribution in [1.82, 2.24) is 19.8 Å². The van der Waals surface area contributed by atoms with Gasteiger partial charge >= 0.3 is 6.18 Å². The van der Waals surface area contributed by atoms with Crippen LogP contribution in [-0.2, 0) is 11.0 Å². The normalized spacial score (nSPS) is 16.8. The summed E-state index contributed by atoms with van der Waals surface area (Å²) in [4.78, 5) is 31.4. The maximum Gasteiger partial charge on any atom is 0.438 e. The van der Waals surface area contributed by atoms with E-state index in [1.54, 1.807) is 19.9 Å². The molecule has 0 aliphatic carbocycles. The second kappa shape index (κ2) is 9.38. The van der Waals surface area contributed by atoms with Gasteiger partial charge in [0, 0.05) is 13.1 Å². The topological polar surface area (TPSA) is 67.2 Å². The Kier molecular flexibility index (Phi) is 7.03. The number of halogens is 3. The van der Waals surface area contributed by atoms with Gasteiger partial charge in [0.15, 0.2) is 0 Å². The van der Waals surface area contributed by atoms with E-state index in [1.165, 1.54) is 25.8 Å². The van der Waals surface area contributed by atoms with Crippen LogP contribution in [0.1, 0.15) is 55.5 Å². The number of carbonyl (C=O) groups excluding carboxylic acids is 1. The molecule has 0 spiro atoms. The molecule has 0 saturated carbocycles. The first-order valence-electron chi connectivity index (χ1n) is 10.7. The number of carbonyl (C=O) groups is 1. The number of alkyl halides is 3. The molecule has 1 saturated heterocycles. The van der Waals surface area contributed by atoms with Crippen LogP contribution in [0, 0.1) is 13.8 Å². The van der Waals surface area contributed by atoms with Crippen LogP contribution in [0.3, 0.4) is 0 Å². The average molecular weight is 438 g/mol. The molecule has 1 aliphatic rings. The Balaban J connectivity index is 1.88. The number of amides is 1. The van der Waals surface area contributed by atoms with E-state index in [4.69, 9.17) is 0 Å². The zero-order valence-electron chi connectivity index (χ0n) is 18.2. The second-order valence-electron chi connectivity index (χ2n) is 8.28. The molecule has 1 amide bonds. The standard InChI is InChI=1S/C22H29F3N4O2/c1-14-12-17-18(13-15(14)2)29(21(31)19(27-17)22(23,24)25)16(3)20(30)26-8-11-28-9-6-4-5-7-10-28/h12-13,16H,4-11H2,1-3H3,(H,26,30)/t16-/m1/s1. The lowest BCUT2D eigenvalue weighted by Crippen LogP contribution is -2.41. The van der Waals surface area contributed by atoms with Crippen molar-refractivity contribution < 1.29 is 18.0 Å². The van der Waals surface area contributed by atoms with E-state index in [0.717, 1.165) is 41.6 Å². The fourth-order valence-corrected chi connectivity index (χ4v) is 3.99. The summed E-state index contributed by atoms with van der Waals surface area (Å²) >= 11 is 0. The van der Waals surface area contributed by atoms with Gasteiger partial charge in [-0.15, -0.1) is 0 Å². The van der Waals surface area contributed by atoms with Gasteiger partial charge in [-0.2, -0.15) is 13.2 Å². The van der Waals surface area contributed by atoms with Crippen LogP contribution >= 0.6 is 0 Å². The van der Waals surface area contributed by atoms with Crippen molar-refractivity contribution in [3.63, 3.8) is 0 Å². The predicted octanol–water partition coefficient (Wildman–Crippen LogP) is 3.59.